The molecule has 6 nitrogen and oxygen atoms in total. The van der Waals surface area contributed by atoms with E-state index in [0.29, 0.717) is 0 Å². The number of hydrogen-bond donors (Lipinski definition) is 3. The van der Waals surface area contributed by atoms with E-state index in [9.17, 15) is 15.3 Å². The number of ether oxygens (including phenoxy) is 3. The summed E-state index contributed by atoms with van der Waals surface area (Å²) in [5.41, 5.74) is 0.943. The molecule has 2 unspecified atom stereocenters. The second-order valence-electron chi connectivity index (χ2n) is 4.74. The molecule has 2 saturated heterocycles. The topological polar surface area (TPSA) is 88.4 Å². The third-order valence-electron chi connectivity index (χ3n) is 3.41. The molecular weight excluding hydrogens is 252 g/mol. The van der Waals surface area contributed by atoms with E-state index in [0.717, 1.165) is 5.56 Å². The van der Waals surface area contributed by atoms with Crippen LogP contribution in [-0.4, -0.2) is 52.3 Å². The molecule has 19 heavy (non-hydrogen) atoms. The van der Waals surface area contributed by atoms with Crippen molar-refractivity contribution in [2.45, 2.75) is 43.6 Å². The monoisotopic (exact) mass is 268 g/mol. The Kier molecular flexibility index (Phi) is 3.53. The van der Waals surface area contributed by atoms with Crippen LogP contribution in [0.5, 0.6) is 0 Å². The Morgan fingerprint density at radius 3 is 2.42 bits per heavy atom. The normalized spacial score (nSPS) is 41.4. The van der Waals surface area contributed by atoms with E-state index in [1.54, 1.807) is 0 Å². The molecule has 2 aliphatic rings. The summed E-state index contributed by atoms with van der Waals surface area (Å²) in [5, 5.41) is 29.2. The summed E-state index contributed by atoms with van der Waals surface area (Å²) in [6.07, 6.45) is -6.09. The standard InChI is InChI=1S/C13H16O6/c14-8-10-9(15)13(19-11(8)12(16)18-10)17-6-7-4-2-1-3-5-7/h1-5,8-16H,6H2/t8-,9+,10-,11-,12?,13?/m0/s1. The molecule has 1 aromatic carbocycles. The van der Waals surface area contributed by atoms with Gasteiger partial charge in [0.15, 0.2) is 12.6 Å². The first-order chi connectivity index (χ1) is 9.16. The molecule has 3 N–H and O–H groups in total. The van der Waals surface area contributed by atoms with Crippen molar-refractivity contribution in [3.63, 3.8) is 0 Å². The zero-order valence-electron chi connectivity index (χ0n) is 10.1. The van der Waals surface area contributed by atoms with E-state index >= 15 is 0 Å². The fourth-order valence-corrected chi connectivity index (χ4v) is 2.39. The molecule has 2 heterocycles. The highest BCUT2D eigenvalue weighted by Crippen LogP contribution is 2.33. The van der Waals surface area contributed by atoms with Gasteiger partial charge < -0.3 is 29.5 Å². The largest absolute Gasteiger partial charge is 0.387 e. The Labute approximate surface area is 110 Å². The third kappa shape index (κ3) is 2.38. The average Bonchev–Trinajstić information content (AvgIpc) is 2.62. The van der Waals surface area contributed by atoms with Crippen molar-refractivity contribution in [3.8, 4) is 0 Å². The third-order valence-corrected chi connectivity index (χ3v) is 3.41. The summed E-state index contributed by atoms with van der Waals surface area (Å²) in [6.45, 7) is 0.272. The predicted molar refractivity (Wildman–Crippen MR) is 62.8 cm³/mol. The van der Waals surface area contributed by atoms with E-state index in [1.165, 1.54) is 0 Å². The van der Waals surface area contributed by atoms with Gasteiger partial charge in [-0.2, -0.15) is 0 Å². The van der Waals surface area contributed by atoms with Crippen LogP contribution >= 0.6 is 0 Å². The Bertz CT molecular complexity index is 424. The molecule has 2 fully saturated rings. The lowest BCUT2D eigenvalue weighted by atomic mass is 10.0. The maximum Gasteiger partial charge on any atom is 0.187 e. The molecule has 6 heteroatoms. The highest BCUT2D eigenvalue weighted by atomic mass is 16.7. The minimum atomic E-state index is -1.24. The lowest BCUT2D eigenvalue weighted by Crippen LogP contribution is -2.54. The van der Waals surface area contributed by atoms with Gasteiger partial charge in [0.1, 0.15) is 24.4 Å². The van der Waals surface area contributed by atoms with Gasteiger partial charge in [-0.25, -0.2) is 0 Å². The SMILES string of the molecule is OC1O[C@H]2[C@H](O)[C@@H]1OC(OCc1ccccc1)[C@@H]2O. The zero-order valence-corrected chi connectivity index (χ0v) is 10.1. The highest BCUT2D eigenvalue weighted by Gasteiger charge is 2.55. The first kappa shape index (κ1) is 13.0. The molecule has 3 rings (SSSR count). The van der Waals surface area contributed by atoms with Crippen molar-refractivity contribution < 1.29 is 29.5 Å². The second-order valence-corrected chi connectivity index (χ2v) is 4.74. The van der Waals surface area contributed by atoms with Gasteiger partial charge in [-0.1, -0.05) is 30.3 Å². The summed E-state index contributed by atoms with van der Waals surface area (Å²) in [5.74, 6) is 0. The summed E-state index contributed by atoms with van der Waals surface area (Å²) in [6, 6.07) is 9.46. The van der Waals surface area contributed by atoms with Crippen LogP contribution in [0, 0.1) is 0 Å². The number of rotatable bonds is 3. The molecule has 0 radical (unpaired) electrons. The van der Waals surface area contributed by atoms with Gasteiger partial charge in [0.05, 0.1) is 6.61 Å². The molecular formula is C13H16O6. The van der Waals surface area contributed by atoms with E-state index in [-0.39, 0.29) is 6.61 Å². The Morgan fingerprint density at radius 2 is 1.68 bits per heavy atom. The van der Waals surface area contributed by atoms with E-state index in [4.69, 9.17) is 14.2 Å². The summed E-state index contributed by atoms with van der Waals surface area (Å²) in [4.78, 5) is 0. The molecule has 0 spiro atoms. The van der Waals surface area contributed by atoms with Crippen LogP contribution in [0.3, 0.4) is 0 Å². The van der Waals surface area contributed by atoms with Crippen LogP contribution in [0.15, 0.2) is 30.3 Å². The number of benzene rings is 1. The predicted octanol–water partition coefficient (Wildman–Crippen LogP) is -0.633. The maximum absolute atomic E-state index is 9.98. The second kappa shape index (κ2) is 5.16. The number of hydrogen-bond acceptors (Lipinski definition) is 6. The Morgan fingerprint density at radius 1 is 0.947 bits per heavy atom. The van der Waals surface area contributed by atoms with E-state index in [1.807, 2.05) is 30.3 Å². The minimum absolute atomic E-state index is 0.272. The fourth-order valence-electron chi connectivity index (χ4n) is 2.39. The molecule has 0 saturated carbocycles. The van der Waals surface area contributed by atoms with E-state index < -0.39 is 37.0 Å². The maximum atomic E-state index is 9.98. The molecule has 0 aliphatic carbocycles. The van der Waals surface area contributed by atoms with Crippen molar-refractivity contribution >= 4 is 0 Å². The first-order valence-corrected chi connectivity index (χ1v) is 6.17. The molecule has 6 atom stereocenters. The van der Waals surface area contributed by atoms with Crippen molar-refractivity contribution in [2.24, 2.45) is 0 Å². The Balaban J connectivity index is 1.63. The zero-order chi connectivity index (χ0) is 13.4. The molecule has 2 bridgehead atoms. The van der Waals surface area contributed by atoms with Crippen LogP contribution in [-0.2, 0) is 20.8 Å². The quantitative estimate of drug-likeness (QED) is 0.676. The van der Waals surface area contributed by atoms with Crippen LogP contribution in [0.1, 0.15) is 5.56 Å². The van der Waals surface area contributed by atoms with Crippen molar-refractivity contribution in [3.05, 3.63) is 35.9 Å². The van der Waals surface area contributed by atoms with Crippen molar-refractivity contribution in [2.75, 3.05) is 0 Å². The smallest absolute Gasteiger partial charge is 0.187 e. The van der Waals surface area contributed by atoms with Crippen LogP contribution in [0.4, 0.5) is 0 Å². The molecule has 104 valence electrons. The molecule has 2 aliphatic heterocycles. The number of aliphatic hydroxyl groups is 3. The summed E-state index contributed by atoms with van der Waals surface area (Å²) in [7, 11) is 0. The minimum Gasteiger partial charge on any atom is -0.387 e. The lowest BCUT2D eigenvalue weighted by Gasteiger charge is -2.34. The van der Waals surface area contributed by atoms with Gasteiger partial charge in [-0.05, 0) is 5.56 Å². The van der Waals surface area contributed by atoms with Crippen molar-refractivity contribution in [1.29, 1.82) is 0 Å². The van der Waals surface area contributed by atoms with Crippen LogP contribution in [0.25, 0.3) is 0 Å². The van der Waals surface area contributed by atoms with Gasteiger partial charge in [-0.3, -0.25) is 0 Å². The van der Waals surface area contributed by atoms with Gasteiger partial charge in [0.25, 0.3) is 0 Å². The number of fused-ring (bicyclic) bond motifs is 2. The lowest BCUT2D eigenvalue weighted by molar-refractivity contribution is -0.269. The van der Waals surface area contributed by atoms with Gasteiger partial charge in [-0.15, -0.1) is 0 Å². The van der Waals surface area contributed by atoms with Crippen LogP contribution in [0.2, 0.25) is 0 Å². The highest BCUT2D eigenvalue weighted by molar-refractivity contribution is 5.13. The average molecular weight is 268 g/mol. The van der Waals surface area contributed by atoms with E-state index in [2.05, 4.69) is 0 Å². The van der Waals surface area contributed by atoms with Crippen molar-refractivity contribution in [1.82, 2.24) is 0 Å². The molecule has 1 aromatic rings. The fraction of sp³-hybridized carbons (Fsp3) is 0.538. The Hall–Kier alpha value is -1.02. The first-order valence-electron chi connectivity index (χ1n) is 6.17. The summed E-state index contributed by atoms with van der Waals surface area (Å²) >= 11 is 0. The van der Waals surface area contributed by atoms with Gasteiger partial charge in [0.2, 0.25) is 0 Å². The van der Waals surface area contributed by atoms with Crippen LogP contribution < -0.4 is 0 Å². The number of aliphatic hydroxyl groups excluding tert-OH is 3. The van der Waals surface area contributed by atoms with Gasteiger partial charge in [0, 0.05) is 0 Å². The summed E-state index contributed by atoms with van der Waals surface area (Å²) < 4.78 is 15.9. The molecule has 0 amide bonds. The molecule has 0 aromatic heterocycles. The van der Waals surface area contributed by atoms with Gasteiger partial charge >= 0.3 is 0 Å².